The molecule has 18 heavy (non-hydrogen) atoms. The number of aromatic nitrogens is 2. The molecule has 1 heterocycles. The third-order valence-corrected chi connectivity index (χ3v) is 2.40. The monoisotopic (exact) mass is 266 g/mol. The summed E-state index contributed by atoms with van der Waals surface area (Å²) in [5.74, 6) is 0.228. The van der Waals surface area contributed by atoms with Crippen LogP contribution in [0.4, 0.5) is 4.39 Å². The summed E-state index contributed by atoms with van der Waals surface area (Å²) in [6.07, 6.45) is 1.16. The smallest absolute Gasteiger partial charge is 0.223 e. The first-order valence-electron chi connectivity index (χ1n) is 5.51. The van der Waals surface area contributed by atoms with E-state index in [-0.39, 0.29) is 17.1 Å². The van der Waals surface area contributed by atoms with Crippen molar-refractivity contribution in [3.63, 3.8) is 0 Å². The minimum atomic E-state index is -0.503. The SMILES string of the molecule is CC(C)Oc1ccc(-c2nc(Cl)ncc2F)cc1. The van der Waals surface area contributed by atoms with Gasteiger partial charge in [-0.05, 0) is 49.7 Å². The van der Waals surface area contributed by atoms with Crippen molar-refractivity contribution in [1.29, 1.82) is 0 Å². The van der Waals surface area contributed by atoms with Crippen molar-refractivity contribution >= 4 is 11.6 Å². The summed E-state index contributed by atoms with van der Waals surface area (Å²) in [6.45, 7) is 3.88. The van der Waals surface area contributed by atoms with Crippen LogP contribution in [0.15, 0.2) is 30.5 Å². The van der Waals surface area contributed by atoms with Crippen molar-refractivity contribution in [3.05, 3.63) is 41.6 Å². The van der Waals surface area contributed by atoms with Gasteiger partial charge in [-0.25, -0.2) is 14.4 Å². The van der Waals surface area contributed by atoms with Gasteiger partial charge in [0.2, 0.25) is 5.28 Å². The quantitative estimate of drug-likeness (QED) is 0.794. The molecule has 5 heteroatoms. The lowest BCUT2D eigenvalue weighted by Gasteiger charge is -2.10. The second-order valence-electron chi connectivity index (χ2n) is 4.03. The first kappa shape index (κ1) is 12.8. The number of ether oxygens (including phenoxy) is 1. The largest absolute Gasteiger partial charge is 0.491 e. The van der Waals surface area contributed by atoms with Crippen molar-refractivity contribution in [2.75, 3.05) is 0 Å². The van der Waals surface area contributed by atoms with Crippen LogP contribution in [0.5, 0.6) is 5.75 Å². The van der Waals surface area contributed by atoms with Gasteiger partial charge in [0.1, 0.15) is 11.4 Å². The van der Waals surface area contributed by atoms with Crippen LogP contribution in [0.3, 0.4) is 0 Å². The van der Waals surface area contributed by atoms with Crippen LogP contribution in [-0.2, 0) is 0 Å². The van der Waals surface area contributed by atoms with E-state index in [2.05, 4.69) is 9.97 Å². The van der Waals surface area contributed by atoms with Crippen LogP contribution in [0.2, 0.25) is 5.28 Å². The van der Waals surface area contributed by atoms with E-state index in [0.29, 0.717) is 5.56 Å². The lowest BCUT2D eigenvalue weighted by Crippen LogP contribution is -2.05. The molecule has 0 radical (unpaired) electrons. The maximum atomic E-state index is 13.6. The van der Waals surface area contributed by atoms with E-state index in [1.807, 2.05) is 13.8 Å². The molecule has 0 saturated heterocycles. The number of hydrogen-bond acceptors (Lipinski definition) is 3. The Morgan fingerprint density at radius 1 is 1.22 bits per heavy atom. The van der Waals surface area contributed by atoms with E-state index in [1.165, 1.54) is 0 Å². The Labute approximate surface area is 110 Å². The standard InChI is InChI=1S/C13H12ClFN2O/c1-8(2)18-10-5-3-9(4-6-10)12-11(15)7-16-13(14)17-12/h3-8H,1-2H3. The average Bonchev–Trinajstić information content (AvgIpc) is 2.33. The first-order chi connectivity index (χ1) is 8.56. The van der Waals surface area contributed by atoms with E-state index in [9.17, 15) is 4.39 Å². The normalized spacial score (nSPS) is 10.7. The number of rotatable bonds is 3. The Morgan fingerprint density at radius 2 is 1.89 bits per heavy atom. The molecular weight excluding hydrogens is 255 g/mol. The topological polar surface area (TPSA) is 35.0 Å². The van der Waals surface area contributed by atoms with Gasteiger partial charge in [-0.3, -0.25) is 0 Å². The molecule has 2 rings (SSSR count). The van der Waals surface area contributed by atoms with Gasteiger partial charge in [0, 0.05) is 5.56 Å². The van der Waals surface area contributed by atoms with Gasteiger partial charge in [0.15, 0.2) is 5.82 Å². The van der Waals surface area contributed by atoms with E-state index in [0.717, 1.165) is 11.9 Å². The molecule has 94 valence electrons. The van der Waals surface area contributed by atoms with Crippen molar-refractivity contribution in [1.82, 2.24) is 9.97 Å². The highest BCUT2D eigenvalue weighted by Gasteiger charge is 2.09. The summed E-state index contributed by atoms with van der Waals surface area (Å²) in [5.41, 5.74) is 0.819. The van der Waals surface area contributed by atoms with Crippen LogP contribution >= 0.6 is 11.6 Å². The van der Waals surface area contributed by atoms with Gasteiger partial charge >= 0.3 is 0 Å². The second kappa shape index (κ2) is 5.31. The number of hydrogen-bond donors (Lipinski definition) is 0. The predicted octanol–water partition coefficient (Wildman–Crippen LogP) is 3.72. The second-order valence-corrected chi connectivity index (χ2v) is 4.36. The molecule has 1 aromatic heterocycles. The highest BCUT2D eigenvalue weighted by molar-refractivity contribution is 6.28. The van der Waals surface area contributed by atoms with Gasteiger partial charge in [-0.1, -0.05) is 0 Å². The van der Waals surface area contributed by atoms with Crippen molar-refractivity contribution in [2.24, 2.45) is 0 Å². The molecule has 0 atom stereocenters. The maximum Gasteiger partial charge on any atom is 0.223 e. The summed E-state index contributed by atoms with van der Waals surface area (Å²) >= 11 is 5.65. The van der Waals surface area contributed by atoms with Crippen molar-refractivity contribution in [2.45, 2.75) is 20.0 Å². The third-order valence-electron chi connectivity index (χ3n) is 2.21. The number of nitrogens with zero attached hydrogens (tertiary/aromatic N) is 2. The van der Waals surface area contributed by atoms with Gasteiger partial charge in [0.05, 0.1) is 12.3 Å². The van der Waals surface area contributed by atoms with Crippen LogP contribution < -0.4 is 4.74 Å². The zero-order valence-electron chi connectivity index (χ0n) is 10.0. The van der Waals surface area contributed by atoms with E-state index in [1.54, 1.807) is 24.3 Å². The molecule has 0 aliphatic carbocycles. The van der Waals surface area contributed by atoms with E-state index < -0.39 is 5.82 Å². The lowest BCUT2D eigenvalue weighted by atomic mass is 10.1. The lowest BCUT2D eigenvalue weighted by molar-refractivity contribution is 0.242. The number of halogens is 2. The first-order valence-corrected chi connectivity index (χ1v) is 5.89. The number of benzene rings is 1. The van der Waals surface area contributed by atoms with E-state index >= 15 is 0 Å². The van der Waals surface area contributed by atoms with Gasteiger partial charge in [-0.2, -0.15) is 0 Å². The predicted molar refractivity (Wildman–Crippen MR) is 68.2 cm³/mol. The fourth-order valence-electron chi connectivity index (χ4n) is 1.51. The van der Waals surface area contributed by atoms with Crippen molar-refractivity contribution in [3.8, 4) is 17.0 Å². The molecule has 0 saturated carbocycles. The van der Waals surface area contributed by atoms with Crippen LogP contribution in [0, 0.1) is 5.82 Å². The molecule has 0 aliphatic rings. The fourth-order valence-corrected chi connectivity index (χ4v) is 1.64. The average molecular weight is 267 g/mol. The molecule has 0 N–H and O–H groups in total. The van der Waals surface area contributed by atoms with Gasteiger partial charge in [-0.15, -0.1) is 0 Å². The minimum Gasteiger partial charge on any atom is -0.491 e. The van der Waals surface area contributed by atoms with Gasteiger partial charge < -0.3 is 4.74 Å². The molecule has 0 amide bonds. The maximum absolute atomic E-state index is 13.6. The molecule has 1 aromatic carbocycles. The molecule has 0 fully saturated rings. The van der Waals surface area contributed by atoms with E-state index in [4.69, 9.17) is 16.3 Å². The van der Waals surface area contributed by atoms with Crippen molar-refractivity contribution < 1.29 is 9.13 Å². The summed E-state index contributed by atoms with van der Waals surface area (Å²) < 4.78 is 19.1. The molecule has 2 aromatic rings. The minimum absolute atomic E-state index is 0.0221. The summed E-state index contributed by atoms with van der Waals surface area (Å²) in [7, 11) is 0. The molecule has 0 spiro atoms. The fraction of sp³-hybridized carbons (Fsp3) is 0.231. The zero-order valence-corrected chi connectivity index (χ0v) is 10.8. The summed E-state index contributed by atoms with van der Waals surface area (Å²) in [5, 5.41) is 0.0221. The molecular formula is C13H12ClFN2O. The molecule has 3 nitrogen and oxygen atoms in total. The zero-order chi connectivity index (χ0) is 13.1. The molecule has 0 bridgehead atoms. The Hall–Kier alpha value is -1.68. The highest BCUT2D eigenvalue weighted by atomic mass is 35.5. The Morgan fingerprint density at radius 3 is 2.50 bits per heavy atom. The van der Waals surface area contributed by atoms with Crippen LogP contribution in [0.1, 0.15) is 13.8 Å². The Balaban J connectivity index is 2.31. The highest BCUT2D eigenvalue weighted by Crippen LogP contribution is 2.24. The van der Waals surface area contributed by atoms with Gasteiger partial charge in [0.25, 0.3) is 0 Å². The summed E-state index contributed by atoms with van der Waals surface area (Å²) in [4.78, 5) is 7.45. The Kier molecular flexibility index (Phi) is 3.77. The molecule has 0 aliphatic heterocycles. The van der Waals surface area contributed by atoms with Crippen LogP contribution in [0.25, 0.3) is 11.3 Å². The van der Waals surface area contributed by atoms with Crippen LogP contribution in [-0.4, -0.2) is 16.1 Å². The Bertz CT molecular complexity index is 543. The molecule has 0 unspecified atom stereocenters. The third kappa shape index (κ3) is 2.96. The summed E-state index contributed by atoms with van der Waals surface area (Å²) in [6, 6.07) is 7.01.